The summed E-state index contributed by atoms with van der Waals surface area (Å²) in [6.07, 6.45) is 2.76. The number of rotatable bonds is 0. The number of nitrogen functional groups attached to an aromatic ring is 1. The molecule has 4 N–H and O–H groups in total. The topological polar surface area (TPSA) is 61.9 Å². The third kappa shape index (κ3) is 1.74. The van der Waals surface area contributed by atoms with Crippen molar-refractivity contribution in [2.24, 2.45) is 0 Å². The molecule has 0 atom stereocenters. The lowest BCUT2D eigenvalue weighted by molar-refractivity contribution is 1.21. The highest BCUT2D eigenvalue weighted by atomic mass is 32.2. The second kappa shape index (κ2) is 3.67. The molecule has 0 amide bonds. The Morgan fingerprint density at radius 2 is 2.24 bits per heavy atom. The predicted octanol–water partition coefficient (Wildman–Crippen LogP) is 3.37. The Hall–Kier alpha value is -1.68. The van der Waals surface area contributed by atoms with Crippen molar-refractivity contribution in [2.45, 2.75) is 18.2 Å². The lowest BCUT2D eigenvalue weighted by atomic mass is 10.0. The normalized spacial score (nSPS) is 18.2. The van der Waals surface area contributed by atoms with E-state index in [-0.39, 0.29) is 0 Å². The molecule has 0 saturated heterocycles. The van der Waals surface area contributed by atoms with Crippen LogP contribution in [-0.4, -0.2) is 5.71 Å². The maximum absolute atomic E-state index is 7.88. The molecule has 0 fully saturated rings. The largest absolute Gasteiger partial charge is 0.399 e. The molecular formula is C13H13N3S. The highest BCUT2D eigenvalue weighted by Gasteiger charge is 2.22. The summed E-state index contributed by atoms with van der Waals surface area (Å²) >= 11 is 1.71. The summed E-state index contributed by atoms with van der Waals surface area (Å²) in [7, 11) is 0. The van der Waals surface area contributed by atoms with Gasteiger partial charge in [-0.05, 0) is 36.8 Å². The molecule has 3 rings (SSSR count). The van der Waals surface area contributed by atoms with E-state index < -0.39 is 0 Å². The van der Waals surface area contributed by atoms with Crippen LogP contribution in [-0.2, 0) is 0 Å². The highest BCUT2D eigenvalue weighted by Crippen LogP contribution is 2.44. The molecule has 2 aliphatic rings. The first-order chi connectivity index (χ1) is 8.13. The van der Waals surface area contributed by atoms with Crippen molar-refractivity contribution >= 4 is 28.8 Å². The maximum Gasteiger partial charge on any atom is 0.0527 e. The van der Waals surface area contributed by atoms with Crippen molar-refractivity contribution in [1.82, 2.24) is 0 Å². The minimum atomic E-state index is 0.699. The molecule has 1 heterocycles. The molecule has 0 unspecified atom stereocenters. The summed E-state index contributed by atoms with van der Waals surface area (Å²) in [4.78, 5) is 2.35. The number of benzene rings is 1. The summed E-state index contributed by atoms with van der Waals surface area (Å²) in [5.41, 5.74) is 10.5. The van der Waals surface area contributed by atoms with Gasteiger partial charge < -0.3 is 16.5 Å². The van der Waals surface area contributed by atoms with E-state index in [9.17, 15) is 0 Å². The van der Waals surface area contributed by atoms with Crippen molar-refractivity contribution in [2.75, 3.05) is 11.1 Å². The van der Waals surface area contributed by atoms with Crippen LogP contribution in [0, 0.1) is 5.41 Å². The molecule has 86 valence electrons. The molecular weight excluding hydrogens is 230 g/mol. The average Bonchev–Trinajstić information content (AvgIpc) is 2.28. The molecule has 17 heavy (non-hydrogen) atoms. The molecule has 0 radical (unpaired) electrons. The van der Waals surface area contributed by atoms with Crippen LogP contribution >= 0.6 is 11.8 Å². The number of fused-ring (bicyclic) bond motifs is 1. The first-order valence-corrected chi connectivity index (χ1v) is 6.29. The molecule has 0 aromatic heterocycles. The number of allylic oxidation sites excluding steroid dienone is 3. The summed E-state index contributed by atoms with van der Waals surface area (Å²) in [6.45, 7) is 1.98. The van der Waals surface area contributed by atoms with Gasteiger partial charge in [-0.25, -0.2) is 0 Å². The number of nitrogens with one attached hydrogen (secondary N) is 2. The van der Waals surface area contributed by atoms with Crippen molar-refractivity contribution in [3.05, 3.63) is 40.5 Å². The quantitative estimate of drug-likeness (QED) is 0.612. The van der Waals surface area contributed by atoms with Crippen molar-refractivity contribution in [3.63, 3.8) is 0 Å². The van der Waals surface area contributed by atoms with Gasteiger partial charge >= 0.3 is 0 Å². The zero-order valence-electron chi connectivity index (χ0n) is 9.50. The van der Waals surface area contributed by atoms with Gasteiger partial charge in [0.05, 0.1) is 5.69 Å². The smallest absolute Gasteiger partial charge is 0.0527 e. The van der Waals surface area contributed by atoms with E-state index in [0.29, 0.717) is 12.1 Å². The van der Waals surface area contributed by atoms with Crippen LogP contribution in [0.25, 0.3) is 0 Å². The Morgan fingerprint density at radius 1 is 1.41 bits per heavy atom. The molecule has 0 saturated carbocycles. The standard InChI is InChI=1S/C13H13N3S/c1-7-4-11-13(6-9(7)15)17-12-5-8(14)2-3-10(12)16-11/h2-5,15-16H,6,14H2,1H3. The third-order valence-electron chi connectivity index (χ3n) is 2.98. The fourth-order valence-corrected chi connectivity index (χ4v) is 3.11. The summed E-state index contributed by atoms with van der Waals surface area (Å²) in [5.74, 6) is 0. The van der Waals surface area contributed by atoms with Gasteiger partial charge in [-0.15, -0.1) is 0 Å². The first kappa shape index (κ1) is 10.5. The van der Waals surface area contributed by atoms with E-state index >= 15 is 0 Å². The number of anilines is 2. The summed E-state index contributed by atoms with van der Waals surface area (Å²) < 4.78 is 0. The molecule has 1 aliphatic carbocycles. The fourth-order valence-electron chi connectivity index (χ4n) is 1.98. The SMILES string of the molecule is CC1=CC2=C(CC1=N)Sc1cc(N)ccc1N2. The van der Waals surface area contributed by atoms with E-state index in [0.717, 1.165) is 27.5 Å². The molecule has 3 nitrogen and oxygen atoms in total. The molecule has 1 aromatic carbocycles. The monoisotopic (exact) mass is 243 g/mol. The van der Waals surface area contributed by atoms with Crippen molar-refractivity contribution in [3.8, 4) is 0 Å². The van der Waals surface area contributed by atoms with Crippen LogP contribution in [0.1, 0.15) is 13.3 Å². The Morgan fingerprint density at radius 3 is 3.06 bits per heavy atom. The fraction of sp³-hybridized carbons (Fsp3) is 0.154. The van der Waals surface area contributed by atoms with Crippen LogP contribution in [0.5, 0.6) is 0 Å². The van der Waals surface area contributed by atoms with E-state index in [1.807, 2.05) is 31.2 Å². The van der Waals surface area contributed by atoms with E-state index in [1.54, 1.807) is 11.8 Å². The van der Waals surface area contributed by atoms with Gasteiger partial charge in [-0.3, -0.25) is 0 Å². The van der Waals surface area contributed by atoms with Gasteiger partial charge in [0.2, 0.25) is 0 Å². The lowest BCUT2D eigenvalue weighted by Gasteiger charge is -2.26. The van der Waals surface area contributed by atoms with Crippen LogP contribution < -0.4 is 11.1 Å². The van der Waals surface area contributed by atoms with Gasteiger partial charge in [-0.1, -0.05) is 11.8 Å². The maximum atomic E-state index is 7.88. The van der Waals surface area contributed by atoms with Crippen LogP contribution in [0.3, 0.4) is 0 Å². The van der Waals surface area contributed by atoms with Gasteiger partial charge in [-0.2, -0.15) is 0 Å². The minimum absolute atomic E-state index is 0.699. The van der Waals surface area contributed by atoms with Gasteiger partial charge in [0, 0.05) is 33.3 Å². The Balaban J connectivity index is 2.03. The molecule has 0 spiro atoms. The number of thioether (sulfide) groups is 1. The zero-order valence-corrected chi connectivity index (χ0v) is 10.3. The minimum Gasteiger partial charge on any atom is -0.399 e. The van der Waals surface area contributed by atoms with Gasteiger partial charge in [0.15, 0.2) is 0 Å². The number of hydrogen-bond acceptors (Lipinski definition) is 4. The van der Waals surface area contributed by atoms with Crippen LogP contribution in [0.15, 0.2) is 45.3 Å². The third-order valence-corrected chi connectivity index (χ3v) is 4.15. The molecule has 0 bridgehead atoms. The molecule has 1 aliphatic heterocycles. The summed E-state index contributed by atoms with van der Waals surface area (Å²) in [5, 5.41) is 11.3. The van der Waals surface area contributed by atoms with Crippen molar-refractivity contribution < 1.29 is 0 Å². The lowest BCUT2D eigenvalue weighted by Crippen LogP contribution is -2.14. The Labute approximate surface area is 104 Å². The highest BCUT2D eigenvalue weighted by molar-refractivity contribution is 8.03. The number of nitrogens with two attached hydrogens (primary N) is 1. The van der Waals surface area contributed by atoms with E-state index in [2.05, 4.69) is 5.32 Å². The van der Waals surface area contributed by atoms with Gasteiger partial charge in [0.25, 0.3) is 0 Å². The van der Waals surface area contributed by atoms with E-state index in [1.165, 1.54) is 4.91 Å². The van der Waals surface area contributed by atoms with Crippen molar-refractivity contribution in [1.29, 1.82) is 5.41 Å². The van der Waals surface area contributed by atoms with Crippen LogP contribution in [0.4, 0.5) is 11.4 Å². The molecule has 1 aromatic rings. The van der Waals surface area contributed by atoms with Crippen LogP contribution in [0.2, 0.25) is 0 Å². The predicted molar refractivity (Wildman–Crippen MR) is 73.5 cm³/mol. The zero-order chi connectivity index (χ0) is 12.0. The van der Waals surface area contributed by atoms with Gasteiger partial charge in [0.1, 0.15) is 0 Å². The second-order valence-electron chi connectivity index (χ2n) is 4.30. The summed E-state index contributed by atoms with van der Waals surface area (Å²) in [6, 6.07) is 5.88. The van der Waals surface area contributed by atoms with E-state index in [4.69, 9.17) is 11.1 Å². The number of hydrogen-bond donors (Lipinski definition) is 3. The molecule has 4 heteroatoms. The second-order valence-corrected chi connectivity index (χ2v) is 5.44. The average molecular weight is 243 g/mol. The Kier molecular flexibility index (Phi) is 2.26. The Bertz CT molecular complexity index is 584. The first-order valence-electron chi connectivity index (χ1n) is 5.47.